The van der Waals surface area contributed by atoms with Crippen LogP contribution in [0.25, 0.3) is 0 Å². The second-order valence-corrected chi connectivity index (χ2v) is 4.75. The van der Waals surface area contributed by atoms with Gasteiger partial charge in [0.15, 0.2) is 11.5 Å². The first kappa shape index (κ1) is 15.1. The van der Waals surface area contributed by atoms with E-state index in [1.165, 1.54) is 18.9 Å². The molecular formula is C15H18N2O4. The third-order valence-corrected chi connectivity index (χ3v) is 3.49. The van der Waals surface area contributed by atoms with E-state index >= 15 is 0 Å². The number of ether oxygens (including phenoxy) is 1. The highest BCUT2D eigenvalue weighted by atomic mass is 16.5. The lowest BCUT2D eigenvalue weighted by Crippen LogP contribution is -2.35. The van der Waals surface area contributed by atoms with Crippen LogP contribution in [0.15, 0.2) is 35.6 Å². The highest BCUT2D eigenvalue weighted by molar-refractivity contribution is 6.08. The number of benzene rings is 1. The predicted molar refractivity (Wildman–Crippen MR) is 76.8 cm³/mol. The number of methoxy groups -OCH3 is 1. The zero-order valence-electron chi connectivity index (χ0n) is 12.0. The fourth-order valence-electron chi connectivity index (χ4n) is 2.60. The van der Waals surface area contributed by atoms with Gasteiger partial charge in [0.25, 0.3) is 5.91 Å². The summed E-state index contributed by atoms with van der Waals surface area (Å²) in [5.41, 5.74) is 6.27. The Morgan fingerprint density at radius 2 is 2.10 bits per heavy atom. The van der Waals surface area contributed by atoms with E-state index in [9.17, 15) is 14.7 Å². The van der Waals surface area contributed by atoms with Crippen molar-refractivity contribution in [3.8, 4) is 5.75 Å². The normalized spacial score (nSPS) is 18.3. The number of nitrogens with two attached hydrogens (primary N) is 1. The van der Waals surface area contributed by atoms with E-state index in [0.29, 0.717) is 11.3 Å². The maximum atomic E-state index is 12.2. The topological polar surface area (TPSA) is 92.9 Å². The van der Waals surface area contributed by atoms with Gasteiger partial charge in [0.1, 0.15) is 5.75 Å². The summed E-state index contributed by atoms with van der Waals surface area (Å²) in [6, 6.07) is 6.42. The molecule has 1 aromatic carbocycles. The number of amides is 1. The van der Waals surface area contributed by atoms with Crippen LogP contribution in [-0.2, 0) is 9.59 Å². The molecule has 0 bridgehead atoms. The van der Waals surface area contributed by atoms with Gasteiger partial charge in [-0.2, -0.15) is 0 Å². The Kier molecular flexibility index (Phi) is 4.28. The second-order valence-electron chi connectivity index (χ2n) is 4.75. The van der Waals surface area contributed by atoms with Crippen molar-refractivity contribution in [3.05, 3.63) is 41.2 Å². The van der Waals surface area contributed by atoms with E-state index in [1.807, 2.05) is 0 Å². The van der Waals surface area contributed by atoms with Crippen LogP contribution in [0, 0.1) is 0 Å². The monoisotopic (exact) mass is 290 g/mol. The Morgan fingerprint density at radius 1 is 1.43 bits per heavy atom. The molecule has 0 radical (unpaired) electrons. The molecule has 0 saturated heterocycles. The smallest absolute Gasteiger partial charge is 0.290 e. The number of carbonyl (C=O) groups is 2. The molecule has 0 saturated carbocycles. The minimum Gasteiger partial charge on any atom is -0.503 e. The van der Waals surface area contributed by atoms with Crippen molar-refractivity contribution in [2.24, 2.45) is 5.73 Å². The van der Waals surface area contributed by atoms with Crippen molar-refractivity contribution in [1.82, 2.24) is 4.90 Å². The average Bonchev–Trinajstić information content (AvgIpc) is 2.72. The molecule has 6 nitrogen and oxygen atoms in total. The van der Waals surface area contributed by atoms with Crippen LogP contribution in [0.2, 0.25) is 0 Å². The van der Waals surface area contributed by atoms with Crippen molar-refractivity contribution in [3.63, 3.8) is 0 Å². The molecule has 1 amide bonds. The number of nitrogens with zero attached hydrogens (tertiary/aromatic N) is 1. The molecule has 3 N–H and O–H groups in total. The highest BCUT2D eigenvalue weighted by Gasteiger charge is 2.42. The van der Waals surface area contributed by atoms with Crippen LogP contribution >= 0.6 is 0 Å². The standard InChI is InChI=1S/C15H18N2O4/c1-9(18)12-13(10-5-3-4-6-11(10)21-2)17(8-7-16)15(20)14(12)19/h3-6,13,19H,7-8,16H2,1-2H3. The SMILES string of the molecule is COc1ccccc1C1C(C(C)=O)=C(O)C(=O)N1CCN. The van der Waals surface area contributed by atoms with Crippen LogP contribution < -0.4 is 10.5 Å². The summed E-state index contributed by atoms with van der Waals surface area (Å²) in [6.45, 7) is 1.80. The highest BCUT2D eigenvalue weighted by Crippen LogP contribution is 2.40. The number of ketones is 1. The fourth-order valence-corrected chi connectivity index (χ4v) is 2.60. The van der Waals surface area contributed by atoms with Gasteiger partial charge in [0.2, 0.25) is 0 Å². The van der Waals surface area contributed by atoms with Crippen molar-refractivity contribution in [2.75, 3.05) is 20.2 Å². The Morgan fingerprint density at radius 3 is 2.67 bits per heavy atom. The fraction of sp³-hybridized carbons (Fsp3) is 0.333. The Hall–Kier alpha value is -2.34. The molecule has 1 heterocycles. The van der Waals surface area contributed by atoms with Gasteiger partial charge in [-0.25, -0.2) is 0 Å². The quantitative estimate of drug-likeness (QED) is 0.841. The molecule has 1 aromatic rings. The zero-order chi connectivity index (χ0) is 15.6. The van der Waals surface area contributed by atoms with E-state index in [0.717, 1.165) is 0 Å². The number of aliphatic hydroxyl groups excluding tert-OH is 1. The summed E-state index contributed by atoms with van der Waals surface area (Å²) in [5.74, 6) is -0.893. The number of hydrogen-bond donors (Lipinski definition) is 2. The molecule has 1 unspecified atom stereocenters. The van der Waals surface area contributed by atoms with Gasteiger partial charge < -0.3 is 20.5 Å². The van der Waals surface area contributed by atoms with Crippen molar-refractivity contribution >= 4 is 11.7 Å². The Balaban J connectivity index is 2.59. The van der Waals surface area contributed by atoms with Crippen LogP contribution in [0.1, 0.15) is 18.5 Å². The third kappa shape index (κ3) is 2.50. The Bertz CT molecular complexity index is 609. The number of rotatable bonds is 5. The molecular weight excluding hydrogens is 272 g/mol. The van der Waals surface area contributed by atoms with Crippen molar-refractivity contribution in [1.29, 1.82) is 0 Å². The summed E-state index contributed by atoms with van der Waals surface area (Å²) in [4.78, 5) is 25.4. The molecule has 0 fully saturated rings. The minimum absolute atomic E-state index is 0.0814. The second kappa shape index (κ2) is 5.97. The predicted octanol–water partition coefficient (Wildman–Crippen LogP) is 0.938. The summed E-state index contributed by atoms with van der Waals surface area (Å²) >= 11 is 0. The molecule has 0 aliphatic carbocycles. The molecule has 21 heavy (non-hydrogen) atoms. The molecule has 1 atom stereocenters. The van der Waals surface area contributed by atoms with Crippen LogP contribution in [-0.4, -0.2) is 41.9 Å². The molecule has 0 spiro atoms. The van der Waals surface area contributed by atoms with Gasteiger partial charge in [-0.1, -0.05) is 18.2 Å². The van der Waals surface area contributed by atoms with Crippen molar-refractivity contribution < 1.29 is 19.4 Å². The van der Waals surface area contributed by atoms with E-state index in [-0.39, 0.29) is 24.4 Å². The van der Waals surface area contributed by atoms with Gasteiger partial charge in [0.05, 0.1) is 18.7 Å². The number of para-hydroxylation sites is 1. The van der Waals surface area contributed by atoms with Gasteiger partial charge in [-0.3, -0.25) is 9.59 Å². The molecule has 1 aliphatic rings. The van der Waals surface area contributed by atoms with E-state index in [4.69, 9.17) is 10.5 Å². The van der Waals surface area contributed by atoms with Gasteiger partial charge in [-0.15, -0.1) is 0 Å². The lowest BCUT2D eigenvalue weighted by Gasteiger charge is -2.27. The largest absolute Gasteiger partial charge is 0.503 e. The van der Waals surface area contributed by atoms with Gasteiger partial charge >= 0.3 is 0 Å². The van der Waals surface area contributed by atoms with Crippen LogP contribution in [0.4, 0.5) is 0 Å². The zero-order valence-corrected chi connectivity index (χ0v) is 12.0. The maximum absolute atomic E-state index is 12.2. The molecule has 0 aromatic heterocycles. The van der Waals surface area contributed by atoms with E-state index in [1.54, 1.807) is 24.3 Å². The van der Waals surface area contributed by atoms with Crippen molar-refractivity contribution in [2.45, 2.75) is 13.0 Å². The number of Topliss-reactive ketones (excluding diaryl/α,β-unsaturated/α-hetero) is 1. The van der Waals surface area contributed by atoms with Gasteiger partial charge in [0, 0.05) is 18.7 Å². The average molecular weight is 290 g/mol. The van der Waals surface area contributed by atoms with Crippen LogP contribution in [0.5, 0.6) is 5.75 Å². The first-order valence-corrected chi connectivity index (χ1v) is 6.61. The summed E-state index contributed by atoms with van der Waals surface area (Å²) < 4.78 is 5.30. The number of aliphatic hydroxyl groups is 1. The number of carbonyl (C=O) groups excluding carboxylic acids is 2. The summed E-state index contributed by atoms with van der Waals surface area (Å²) in [7, 11) is 1.51. The van der Waals surface area contributed by atoms with E-state index < -0.39 is 17.7 Å². The lowest BCUT2D eigenvalue weighted by atomic mass is 9.96. The first-order chi connectivity index (χ1) is 10.0. The molecule has 2 rings (SSSR count). The lowest BCUT2D eigenvalue weighted by molar-refractivity contribution is -0.129. The first-order valence-electron chi connectivity index (χ1n) is 6.61. The summed E-state index contributed by atoms with van der Waals surface area (Å²) in [6.07, 6.45) is 0. The molecule has 6 heteroatoms. The summed E-state index contributed by atoms with van der Waals surface area (Å²) in [5, 5.41) is 10.0. The third-order valence-electron chi connectivity index (χ3n) is 3.49. The molecule has 1 aliphatic heterocycles. The maximum Gasteiger partial charge on any atom is 0.290 e. The Labute approximate surface area is 122 Å². The number of hydrogen-bond acceptors (Lipinski definition) is 5. The minimum atomic E-state index is -0.672. The van der Waals surface area contributed by atoms with Gasteiger partial charge in [-0.05, 0) is 13.0 Å². The van der Waals surface area contributed by atoms with Crippen LogP contribution in [0.3, 0.4) is 0 Å². The van der Waals surface area contributed by atoms with E-state index in [2.05, 4.69) is 0 Å². The molecule has 112 valence electrons.